The average molecular weight is 425 g/mol. The van der Waals surface area contributed by atoms with Crippen molar-refractivity contribution in [2.24, 2.45) is 0 Å². The third kappa shape index (κ3) is 3.96. The van der Waals surface area contributed by atoms with E-state index in [2.05, 4.69) is 26.2 Å². The summed E-state index contributed by atoms with van der Waals surface area (Å²) in [5, 5.41) is 2.95. The molecule has 1 aromatic heterocycles. The highest BCUT2D eigenvalue weighted by molar-refractivity contribution is 9.10. The van der Waals surface area contributed by atoms with Crippen molar-refractivity contribution in [1.82, 2.24) is 10.3 Å². The van der Waals surface area contributed by atoms with Gasteiger partial charge in [0.05, 0.1) is 10.0 Å². The maximum atomic E-state index is 12.8. The molecule has 0 bridgehead atoms. The van der Waals surface area contributed by atoms with Crippen LogP contribution >= 0.6 is 44.5 Å². The number of nitrogens with zero attached hydrogens (tertiary/aromatic N) is 2. The summed E-state index contributed by atoms with van der Waals surface area (Å²) in [5.74, 6) is 0.261. The lowest BCUT2D eigenvalue weighted by molar-refractivity contribution is -0.138. The summed E-state index contributed by atoms with van der Waals surface area (Å²) in [6.45, 7) is 2.66. The molecule has 19 heavy (non-hydrogen) atoms. The van der Waals surface area contributed by atoms with Crippen LogP contribution in [0.2, 0.25) is 5.15 Å². The van der Waals surface area contributed by atoms with Crippen molar-refractivity contribution >= 4 is 50.3 Å². The van der Waals surface area contributed by atoms with E-state index in [-0.39, 0.29) is 32.4 Å². The van der Waals surface area contributed by atoms with Gasteiger partial charge in [0.15, 0.2) is 0 Å². The molecule has 0 aromatic carbocycles. The first-order valence-electron chi connectivity index (χ1n) is 5.28. The highest BCUT2D eigenvalue weighted by atomic mass is 79.9. The second-order valence-electron chi connectivity index (χ2n) is 3.87. The largest absolute Gasteiger partial charge is 0.417 e. The van der Waals surface area contributed by atoms with E-state index in [1.54, 1.807) is 4.90 Å². The van der Waals surface area contributed by atoms with Crippen LogP contribution in [0.4, 0.5) is 19.0 Å². The van der Waals surface area contributed by atoms with E-state index in [0.29, 0.717) is 13.1 Å². The second kappa shape index (κ2) is 6.60. The topological polar surface area (TPSA) is 28.2 Å². The standard InChI is InChI=1S/C10H10BrClF3N3.BrH/c11-8-6(10(13,14)15)5-7(17-9(8)12)18-3-1-16-2-4-18;/h5,16H,1-4H2;1H. The number of pyridine rings is 1. The monoisotopic (exact) mass is 423 g/mol. The van der Waals surface area contributed by atoms with Crippen LogP contribution in [0.15, 0.2) is 10.5 Å². The first kappa shape index (κ1) is 17.0. The lowest BCUT2D eigenvalue weighted by Gasteiger charge is -2.29. The lowest BCUT2D eigenvalue weighted by atomic mass is 10.2. The molecule has 2 rings (SSSR count). The molecule has 0 aliphatic carbocycles. The van der Waals surface area contributed by atoms with Gasteiger partial charge >= 0.3 is 6.18 Å². The molecule has 1 aliphatic rings. The summed E-state index contributed by atoms with van der Waals surface area (Å²) in [7, 11) is 0. The fourth-order valence-electron chi connectivity index (χ4n) is 1.75. The molecule has 1 aliphatic heterocycles. The Kier molecular flexibility index (Phi) is 5.91. The van der Waals surface area contributed by atoms with Gasteiger partial charge in [-0.25, -0.2) is 4.98 Å². The van der Waals surface area contributed by atoms with Gasteiger partial charge in [-0.2, -0.15) is 13.2 Å². The number of anilines is 1. The Morgan fingerprint density at radius 3 is 2.42 bits per heavy atom. The van der Waals surface area contributed by atoms with Crippen LogP contribution in [0.1, 0.15) is 5.56 Å². The minimum absolute atomic E-state index is 0. The quantitative estimate of drug-likeness (QED) is 0.698. The van der Waals surface area contributed by atoms with Crippen molar-refractivity contribution in [3.63, 3.8) is 0 Å². The molecule has 108 valence electrons. The van der Waals surface area contributed by atoms with Gasteiger partial charge < -0.3 is 10.2 Å². The van der Waals surface area contributed by atoms with Gasteiger partial charge in [-0.05, 0) is 22.0 Å². The molecule has 0 atom stereocenters. The lowest BCUT2D eigenvalue weighted by Crippen LogP contribution is -2.44. The molecular formula is C10H11Br2ClF3N3. The molecule has 2 heterocycles. The van der Waals surface area contributed by atoms with Crippen LogP contribution in [0, 0.1) is 0 Å². The maximum absolute atomic E-state index is 12.8. The third-order valence-corrected chi connectivity index (χ3v) is 3.95. The van der Waals surface area contributed by atoms with E-state index in [0.717, 1.165) is 19.2 Å². The summed E-state index contributed by atoms with van der Waals surface area (Å²) in [6, 6.07) is 1.03. The van der Waals surface area contributed by atoms with Crippen molar-refractivity contribution in [2.45, 2.75) is 6.18 Å². The molecular weight excluding hydrogens is 414 g/mol. The normalized spacial score (nSPS) is 16.2. The van der Waals surface area contributed by atoms with Crippen molar-refractivity contribution in [2.75, 3.05) is 31.1 Å². The van der Waals surface area contributed by atoms with E-state index in [9.17, 15) is 13.2 Å². The summed E-state index contributed by atoms with van der Waals surface area (Å²) < 4.78 is 38.3. The Morgan fingerprint density at radius 2 is 1.89 bits per heavy atom. The number of nitrogens with one attached hydrogen (secondary N) is 1. The first-order valence-corrected chi connectivity index (χ1v) is 6.45. The molecule has 0 amide bonds. The average Bonchev–Trinajstić information content (AvgIpc) is 2.32. The van der Waals surface area contributed by atoms with E-state index in [4.69, 9.17) is 11.6 Å². The van der Waals surface area contributed by atoms with Crippen LogP contribution in [0.3, 0.4) is 0 Å². The fraction of sp³-hybridized carbons (Fsp3) is 0.500. The molecule has 0 spiro atoms. The minimum atomic E-state index is -4.45. The van der Waals surface area contributed by atoms with Crippen molar-refractivity contribution in [3.8, 4) is 0 Å². The van der Waals surface area contributed by atoms with Gasteiger partial charge in [0.2, 0.25) is 0 Å². The van der Waals surface area contributed by atoms with E-state index in [1.165, 1.54) is 0 Å². The minimum Gasteiger partial charge on any atom is -0.354 e. The number of hydrogen-bond donors (Lipinski definition) is 1. The molecule has 1 aromatic rings. The van der Waals surface area contributed by atoms with Crippen LogP contribution in [-0.4, -0.2) is 31.2 Å². The number of halogens is 6. The van der Waals surface area contributed by atoms with Crippen molar-refractivity contribution in [3.05, 3.63) is 21.3 Å². The molecule has 0 radical (unpaired) electrons. The number of hydrogen-bond acceptors (Lipinski definition) is 3. The fourth-order valence-corrected chi connectivity index (χ4v) is 2.36. The molecule has 9 heteroatoms. The Hall–Kier alpha value is -0.0500. The van der Waals surface area contributed by atoms with Gasteiger partial charge in [0, 0.05) is 26.2 Å². The highest BCUT2D eigenvalue weighted by Crippen LogP contribution is 2.39. The predicted molar refractivity (Wildman–Crippen MR) is 77.4 cm³/mol. The third-order valence-electron chi connectivity index (χ3n) is 2.65. The Balaban J connectivity index is 0.00000180. The van der Waals surface area contributed by atoms with Crippen molar-refractivity contribution < 1.29 is 13.2 Å². The van der Waals surface area contributed by atoms with Gasteiger partial charge in [-0.15, -0.1) is 17.0 Å². The number of piperazine rings is 1. The first-order chi connectivity index (χ1) is 8.39. The smallest absolute Gasteiger partial charge is 0.354 e. The van der Waals surface area contributed by atoms with Gasteiger partial charge in [0.25, 0.3) is 0 Å². The Morgan fingerprint density at radius 1 is 1.32 bits per heavy atom. The molecule has 1 N–H and O–H groups in total. The van der Waals surface area contributed by atoms with Gasteiger partial charge in [0.1, 0.15) is 11.0 Å². The molecule has 0 saturated carbocycles. The van der Waals surface area contributed by atoms with E-state index >= 15 is 0 Å². The van der Waals surface area contributed by atoms with Gasteiger partial charge in [-0.3, -0.25) is 0 Å². The molecule has 1 saturated heterocycles. The van der Waals surface area contributed by atoms with Crippen LogP contribution in [-0.2, 0) is 6.18 Å². The highest BCUT2D eigenvalue weighted by Gasteiger charge is 2.35. The van der Waals surface area contributed by atoms with Gasteiger partial charge in [-0.1, -0.05) is 11.6 Å². The Bertz CT molecular complexity index is 450. The number of alkyl halides is 3. The Labute approximate surface area is 132 Å². The molecule has 3 nitrogen and oxygen atoms in total. The summed E-state index contributed by atoms with van der Waals surface area (Å²) in [6.07, 6.45) is -4.45. The van der Waals surface area contributed by atoms with Crippen LogP contribution < -0.4 is 10.2 Å². The summed E-state index contributed by atoms with van der Waals surface area (Å²) >= 11 is 8.57. The zero-order valence-electron chi connectivity index (χ0n) is 9.60. The molecule has 1 fully saturated rings. The number of aromatic nitrogens is 1. The van der Waals surface area contributed by atoms with E-state index in [1.807, 2.05) is 0 Å². The van der Waals surface area contributed by atoms with E-state index < -0.39 is 11.7 Å². The summed E-state index contributed by atoms with van der Waals surface area (Å²) in [5.41, 5.74) is -0.795. The second-order valence-corrected chi connectivity index (χ2v) is 5.02. The molecule has 0 unspecified atom stereocenters. The predicted octanol–water partition coefficient (Wildman–Crippen LogP) is 3.50. The zero-order chi connectivity index (χ0) is 13.3. The van der Waals surface area contributed by atoms with Crippen LogP contribution in [0.25, 0.3) is 0 Å². The summed E-state index contributed by atoms with van der Waals surface area (Å²) in [4.78, 5) is 5.77. The zero-order valence-corrected chi connectivity index (χ0v) is 13.7. The SMILES string of the molecule is Br.FC(F)(F)c1cc(N2CCNCC2)nc(Cl)c1Br. The maximum Gasteiger partial charge on any atom is 0.417 e. The number of rotatable bonds is 1. The van der Waals surface area contributed by atoms with Crippen LogP contribution in [0.5, 0.6) is 0 Å². The van der Waals surface area contributed by atoms with Crippen molar-refractivity contribution in [1.29, 1.82) is 0 Å².